The molecule has 186 valence electrons. The molecule has 0 bridgehead atoms. The highest BCUT2D eigenvalue weighted by Gasteiger charge is 2.39. The summed E-state index contributed by atoms with van der Waals surface area (Å²) in [6.45, 7) is 2.68. The minimum atomic E-state index is -4.72. The first kappa shape index (κ1) is 24.9. The van der Waals surface area contributed by atoms with E-state index in [4.69, 9.17) is 9.72 Å². The van der Waals surface area contributed by atoms with Gasteiger partial charge in [-0.1, -0.05) is 6.92 Å². The number of aromatic nitrogens is 3. The largest absolute Gasteiger partial charge is 0.495 e. The molecule has 12 heteroatoms. The van der Waals surface area contributed by atoms with Gasteiger partial charge in [0, 0.05) is 17.6 Å². The van der Waals surface area contributed by atoms with Crippen LogP contribution in [0.3, 0.4) is 0 Å². The first-order chi connectivity index (χ1) is 16.5. The Balaban J connectivity index is 1.85. The molecule has 0 unspecified atom stereocenters. The fourth-order valence-electron chi connectivity index (χ4n) is 4.09. The van der Waals surface area contributed by atoms with Gasteiger partial charge in [0.1, 0.15) is 28.4 Å². The second-order valence-electron chi connectivity index (χ2n) is 8.42. The topological polar surface area (TPSA) is 110 Å². The Kier molecular flexibility index (Phi) is 6.50. The SMILES string of the molecule is CCc1nc2c(cc1OC)c(C#N)c(-c1ccc(S(=O)(=O)N[C@@H](C)C(F)(F)F)cn1)n2C1CCC1. The standard InChI is InChI=1S/C23H24F3N5O3S/c1-4-18-20(34-3)10-16-17(11-27)21(31(22(16)29-18)14-6-5-7-14)19-9-8-15(12-28-19)35(32,33)30-13(2)23(24,25)26/h8-10,12-14,30H,4-7H2,1-3H3/t13-/m0/s1. The molecule has 0 aliphatic heterocycles. The highest BCUT2D eigenvalue weighted by atomic mass is 32.2. The van der Waals surface area contributed by atoms with Crippen molar-refractivity contribution in [1.82, 2.24) is 19.3 Å². The highest BCUT2D eigenvalue weighted by molar-refractivity contribution is 7.89. The summed E-state index contributed by atoms with van der Waals surface area (Å²) < 4.78 is 72.4. The van der Waals surface area contributed by atoms with Gasteiger partial charge in [-0.15, -0.1) is 0 Å². The van der Waals surface area contributed by atoms with Crippen LogP contribution in [0.2, 0.25) is 0 Å². The van der Waals surface area contributed by atoms with Crippen LogP contribution >= 0.6 is 0 Å². The van der Waals surface area contributed by atoms with Crippen LogP contribution in [0.5, 0.6) is 5.75 Å². The van der Waals surface area contributed by atoms with Crippen LogP contribution in [0.15, 0.2) is 29.3 Å². The third kappa shape index (κ3) is 4.46. The van der Waals surface area contributed by atoms with Crippen LogP contribution in [-0.4, -0.2) is 42.3 Å². The molecular formula is C23H24F3N5O3S. The maximum Gasteiger partial charge on any atom is 0.404 e. The number of rotatable bonds is 7. The Hall–Kier alpha value is -3.17. The molecule has 4 rings (SSSR count). The van der Waals surface area contributed by atoms with Gasteiger partial charge >= 0.3 is 6.18 Å². The Labute approximate surface area is 200 Å². The van der Waals surface area contributed by atoms with Crippen LogP contribution in [0.4, 0.5) is 13.2 Å². The number of halogens is 3. The third-order valence-corrected chi connectivity index (χ3v) is 7.76. The minimum absolute atomic E-state index is 0.0970. The molecule has 1 fully saturated rings. The van der Waals surface area contributed by atoms with Crippen molar-refractivity contribution in [1.29, 1.82) is 5.26 Å². The second-order valence-corrected chi connectivity index (χ2v) is 10.1. The van der Waals surface area contributed by atoms with E-state index in [-0.39, 0.29) is 6.04 Å². The molecule has 1 atom stereocenters. The Bertz CT molecular complexity index is 1410. The summed E-state index contributed by atoms with van der Waals surface area (Å²) in [5.74, 6) is 0.563. The van der Waals surface area contributed by atoms with Crippen molar-refractivity contribution in [3.63, 3.8) is 0 Å². The van der Waals surface area contributed by atoms with Crippen LogP contribution < -0.4 is 9.46 Å². The van der Waals surface area contributed by atoms with Gasteiger partial charge < -0.3 is 9.30 Å². The summed E-state index contributed by atoms with van der Waals surface area (Å²) in [4.78, 5) is 8.62. The minimum Gasteiger partial charge on any atom is -0.495 e. The van der Waals surface area contributed by atoms with Gasteiger partial charge in [0.05, 0.1) is 29.8 Å². The van der Waals surface area contributed by atoms with Crippen molar-refractivity contribution < 1.29 is 26.3 Å². The number of nitrogens with one attached hydrogen (secondary N) is 1. The van der Waals surface area contributed by atoms with E-state index in [1.54, 1.807) is 10.8 Å². The summed E-state index contributed by atoms with van der Waals surface area (Å²) >= 11 is 0. The van der Waals surface area contributed by atoms with Crippen molar-refractivity contribution in [2.75, 3.05) is 7.11 Å². The average Bonchev–Trinajstić information content (AvgIpc) is 3.09. The zero-order chi connectivity index (χ0) is 25.5. The summed E-state index contributed by atoms with van der Waals surface area (Å²) in [6.07, 6.45) is -0.297. The number of pyridine rings is 2. The van der Waals surface area contributed by atoms with E-state index in [0.29, 0.717) is 40.2 Å². The predicted octanol–water partition coefficient (Wildman–Crippen LogP) is 4.50. The molecule has 3 heterocycles. The average molecular weight is 508 g/mol. The van der Waals surface area contributed by atoms with E-state index in [2.05, 4.69) is 11.1 Å². The number of methoxy groups -OCH3 is 1. The molecule has 0 radical (unpaired) electrons. The number of ether oxygens (including phenoxy) is 1. The van der Waals surface area contributed by atoms with Gasteiger partial charge in [-0.25, -0.2) is 13.4 Å². The van der Waals surface area contributed by atoms with Gasteiger partial charge in [0.2, 0.25) is 10.0 Å². The van der Waals surface area contributed by atoms with E-state index in [1.807, 2.05) is 11.5 Å². The van der Waals surface area contributed by atoms with Crippen molar-refractivity contribution in [3.8, 4) is 23.2 Å². The fourth-order valence-corrected chi connectivity index (χ4v) is 5.26. The van der Waals surface area contributed by atoms with Crippen molar-refractivity contribution in [3.05, 3.63) is 35.7 Å². The van der Waals surface area contributed by atoms with Crippen molar-refractivity contribution in [2.45, 2.75) is 62.7 Å². The Morgan fingerprint density at radius 1 is 1.34 bits per heavy atom. The smallest absolute Gasteiger partial charge is 0.404 e. The summed E-state index contributed by atoms with van der Waals surface area (Å²) in [6, 6.07) is 4.42. The number of alkyl halides is 3. The molecule has 1 aliphatic rings. The normalized spacial score (nSPS) is 15.6. The van der Waals surface area contributed by atoms with E-state index in [1.165, 1.54) is 19.2 Å². The lowest BCUT2D eigenvalue weighted by molar-refractivity contribution is -0.147. The molecule has 3 aromatic rings. The highest BCUT2D eigenvalue weighted by Crippen LogP contribution is 2.42. The van der Waals surface area contributed by atoms with Crippen molar-refractivity contribution >= 4 is 21.1 Å². The number of nitrogens with zero attached hydrogens (tertiary/aromatic N) is 4. The first-order valence-corrected chi connectivity index (χ1v) is 12.6. The molecule has 35 heavy (non-hydrogen) atoms. The maximum absolute atomic E-state index is 12.8. The number of hydrogen-bond donors (Lipinski definition) is 1. The Morgan fingerprint density at radius 3 is 2.54 bits per heavy atom. The molecule has 3 aromatic heterocycles. The van der Waals surface area contributed by atoms with Gasteiger partial charge in [0.15, 0.2) is 0 Å². The third-order valence-electron chi connectivity index (χ3n) is 6.24. The summed E-state index contributed by atoms with van der Waals surface area (Å²) in [5.41, 5.74) is 2.51. The number of sulfonamides is 1. The number of nitriles is 1. The number of fused-ring (bicyclic) bond motifs is 1. The molecule has 1 N–H and O–H groups in total. The van der Waals surface area contributed by atoms with Gasteiger partial charge in [-0.2, -0.15) is 23.2 Å². The first-order valence-electron chi connectivity index (χ1n) is 11.1. The van der Waals surface area contributed by atoms with E-state index >= 15 is 0 Å². The van der Waals surface area contributed by atoms with Gasteiger partial charge in [0.25, 0.3) is 0 Å². The Morgan fingerprint density at radius 2 is 2.06 bits per heavy atom. The summed E-state index contributed by atoms with van der Waals surface area (Å²) in [7, 11) is -2.92. The van der Waals surface area contributed by atoms with E-state index in [9.17, 15) is 26.9 Å². The van der Waals surface area contributed by atoms with Gasteiger partial charge in [-0.05, 0) is 50.8 Å². The van der Waals surface area contributed by atoms with Crippen LogP contribution in [0, 0.1) is 11.3 Å². The predicted molar refractivity (Wildman–Crippen MR) is 122 cm³/mol. The number of aryl methyl sites for hydroxylation is 1. The molecule has 0 saturated heterocycles. The van der Waals surface area contributed by atoms with Crippen LogP contribution in [0.1, 0.15) is 50.4 Å². The van der Waals surface area contributed by atoms with Crippen LogP contribution in [-0.2, 0) is 16.4 Å². The van der Waals surface area contributed by atoms with E-state index < -0.39 is 27.1 Å². The van der Waals surface area contributed by atoms with Crippen LogP contribution in [0.25, 0.3) is 22.4 Å². The van der Waals surface area contributed by atoms with E-state index in [0.717, 1.165) is 38.1 Å². The molecule has 8 nitrogen and oxygen atoms in total. The zero-order valence-corrected chi connectivity index (χ0v) is 20.2. The zero-order valence-electron chi connectivity index (χ0n) is 19.3. The summed E-state index contributed by atoms with van der Waals surface area (Å²) in [5, 5.41) is 10.6. The molecule has 0 spiro atoms. The lowest BCUT2D eigenvalue weighted by Gasteiger charge is -2.29. The lowest BCUT2D eigenvalue weighted by atomic mass is 9.92. The maximum atomic E-state index is 12.8. The quantitative estimate of drug-likeness (QED) is 0.505. The van der Waals surface area contributed by atoms with Crippen molar-refractivity contribution in [2.24, 2.45) is 0 Å². The molecule has 0 aromatic carbocycles. The number of hydrogen-bond acceptors (Lipinski definition) is 6. The fraction of sp³-hybridized carbons (Fsp3) is 0.435. The molecule has 0 amide bonds. The van der Waals surface area contributed by atoms with Gasteiger partial charge in [-0.3, -0.25) is 4.98 Å². The molecule has 1 saturated carbocycles. The molecule has 1 aliphatic carbocycles. The second kappa shape index (κ2) is 9.13. The lowest BCUT2D eigenvalue weighted by Crippen LogP contribution is -2.42. The molecular weight excluding hydrogens is 483 g/mol. The monoisotopic (exact) mass is 507 g/mol.